The van der Waals surface area contributed by atoms with Crippen molar-refractivity contribution in [2.45, 2.75) is 276 Å². The SMILES string of the molecule is CC/C=C\C/C=C\C/C=C\C/C=C\C/C=C\CCCC(=O)OC1C(OCC(COC(=O)CCCCCCCCC/C=C\C/C=C\CCCCC)OC(=O)CCCCCCCCCCCCC)OC(C(=O)O)C(O)C1O. The number of unbranched alkanes of at least 4 members (excludes halogenated alkanes) is 21. The van der Waals surface area contributed by atoms with Crippen molar-refractivity contribution in [1.29, 1.82) is 0 Å². The Balaban J connectivity index is 2.71. The topological polar surface area (TPSA) is 175 Å². The van der Waals surface area contributed by atoms with E-state index in [0.717, 1.165) is 89.9 Å². The molecular weight excluding hydrogens is 949 g/mol. The molecule has 3 N–H and O–H groups in total. The fraction of sp³-hybridized carbons (Fsp3) is 0.714. The zero-order valence-corrected chi connectivity index (χ0v) is 47.0. The summed E-state index contributed by atoms with van der Waals surface area (Å²) in [5.74, 6) is -3.21. The molecule has 0 aliphatic carbocycles. The number of esters is 3. The van der Waals surface area contributed by atoms with E-state index in [0.29, 0.717) is 25.7 Å². The maximum atomic E-state index is 13.1. The quantitative estimate of drug-likeness (QED) is 0.0228. The van der Waals surface area contributed by atoms with Gasteiger partial charge in [0.05, 0.1) is 6.61 Å². The third-order valence-corrected chi connectivity index (χ3v) is 13.0. The molecule has 0 saturated carbocycles. The lowest BCUT2D eigenvalue weighted by Gasteiger charge is -2.40. The average molecular weight is 1050 g/mol. The van der Waals surface area contributed by atoms with Gasteiger partial charge in [-0.2, -0.15) is 0 Å². The van der Waals surface area contributed by atoms with E-state index in [1.165, 1.54) is 83.5 Å². The standard InChI is InChI=1S/C63H104O12/c1-4-7-10-13-16-19-22-24-26-28-30-32-35-37-40-43-46-49-55(64)71-52-54(73-56(65)50-47-44-41-38-34-21-18-15-12-9-6-3)53-72-63-61(59(68)58(67)60(75-63)62(69)70)74-57(66)51-48-45-42-39-36-33-31-29-27-25-23-20-17-14-11-8-5-2/h8,11,16-17,19-20,24-27,31,33,39,42,54,58-61,63,67-68H,4-7,9-10,12-15,18,21-23,28-30,32,34-38,40-41,43-53H2,1-3H3,(H,69,70)/b11-8-,19-16-,20-17-,26-24-,27-25-,33-31-,42-39-. The number of ether oxygens (including phenoxy) is 5. The van der Waals surface area contributed by atoms with Crippen LogP contribution in [0.25, 0.3) is 0 Å². The van der Waals surface area contributed by atoms with Gasteiger partial charge in [0.25, 0.3) is 0 Å². The number of carbonyl (C=O) groups is 4. The Morgan fingerprint density at radius 2 is 0.853 bits per heavy atom. The second-order valence-corrected chi connectivity index (χ2v) is 19.9. The Labute approximate surface area is 454 Å². The predicted octanol–water partition coefficient (Wildman–Crippen LogP) is 15.1. The molecule has 0 amide bonds. The third-order valence-electron chi connectivity index (χ3n) is 13.0. The van der Waals surface area contributed by atoms with Crippen LogP contribution in [0.1, 0.15) is 239 Å². The summed E-state index contributed by atoms with van der Waals surface area (Å²) >= 11 is 0. The molecule has 0 bridgehead atoms. The normalized spacial score (nSPS) is 18.8. The van der Waals surface area contributed by atoms with Crippen molar-refractivity contribution in [2.75, 3.05) is 13.2 Å². The van der Waals surface area contributed by atoms with E-state index < -0.39 is 67.3 Å². The van der Waals surface area contributed by atoms with Crippen molar-refractivity contribution in [2.24, 2.45) is 0 Å². The van der Waals surface area contributed by atoms with Gasteiger partial charge < -0.3 is 39.0 Å². The summed E-state index contributed by atoms with van der Waals surface area (Å²) in [5, 5.41) is 31.4. The molecule has 12 nitrogen and oxygen atoms in total. The lowest BCUT2D eigenvalue weighted by atomic mass is 9.98. The lowest BCUT2D eigenvalue weighted by molar-refractivity contribution is -0.301. The summed E-state index contributed by atoms with van der Waals surface area (Å²) in [7, 11) is 0. The summed E-state index contributed by atoms with van der Waals surface area (Å²) in [5.41, 5.74) is 0. The highest BCUT2D eigenvalue weighted by atomic mass is 16.7. The van der Waals surface area contributed by atoms with Crippen LogP contribution in [0.2, 0.25) is 0 Å². The van der Waals surface area contributed by atoms with E-state index >= 15 is 0 Å². The van der Waals surface area contributed by atoms with Gasteiger partial charge in [0.1, 0.15) is 18.8 Å². The van der Waals surface area contributed by atoms with Crippen LogP contribution in [0, 0.1) is 0 Å². The minimum atomic E-state index is -1.92. The Morgan fingerprint density at radius 1 is 0.453 bits per heavy atom. The molecule has 75 heavy (non-hydrogen) atoms. The summed E-state index contributed by atoms with van der Waals surface area (Å²) in [6, 6.07) is 0. The first-order valence-electron chi connectivity index (χ1n) is 29.6. The van der Waals surface area contributed by atoms with E-state index in [-0.39, 0.29) is 25.9 Å². The van der Waals surface area contributed by atoms with Crippen LogP contribution >= 0.6 is 0 Å². The Kier molecular flexibility index (Phi) is 46.6. The molecule has 6 atom stereocenters. The fourth-order valence-electron chi connectivity index (χ4n) is 8.43. The molecule has 1 aliphatic heterocycles. The number of hydrogen-bond donors (Lipinski definition) is 3. The van der Waals surface area contributed by atoms with Gasteiger partial charge in [-0.05, 0) is 89.9 Å². The molecule has 1 rings (SSSR count). The number of hydrogen-bond acceptors (Lipinski definition) is 11. The van der Waals surface area contributed by atoms with Crippen molar-refractivity contribution in [3.05, 3.63) is 85.1 Å². The zero-order valence-electron chi connectivity index (χ0n) is 47.0. The van der Waals surface area contributed by atoms with Crippen LogP contribution in [-0.4, -0.2) is 89.2 Å². The summed E-state index contributed by atoms with van der Waals surface area (Å²) < 4.78 is 28.3. The van der Waals surface area contributed by atoms with Gasteiger partial charge in [0.15, 0.2) is 24.6 Å². The Bertz CT molecular complexity index is 1630. The van der Waals surface area contributed by atoms with Crippen LogP contribution in [0.3, 0.4) is 0 Å². The molecule has 0 aromatic heterocycles. The second-order valence-electron chi connectivity index (χ2n) is 19.9. The molecule has 0 aromatic rings. The van der Waals surface area contributed by atoms with Crippen LogP contribution < -0.4 is 0 Å². The molecule has 6 unspecified atom stereocenters. The van der Waals surface area contributed by atoms with Gasteiger partial charge in [-0.1, -0.05) is 215 Å². The van der Waals surface area contributed by atoms with E-state index in [4.69, 9.17) is 23.7 Å². The number of carboxylic acid groups (broad SMARTS) is 1. The van der Waals surface area contributed by atoms with Gasteiger partial charge in [0.2, 0.25) is 0 Å². The molecule has 12 heteroatoms. The molecule has 1 aliphatic rings. The molecule has 0 aromatic carbocycles. The number of aliphatic hydroxyl groups excluding tert-OH is 2. The predicted molar refractivity (Wildman–Crippen MR) is 303 cm³/mol. The van der Waals surface area contributed by atoms with E-state index in [1.54, 1.807) is 0 Å². The van der Waals surface area contributed by atoms with Gasteiger partial charge in [-0.15, -0.1) is 0 Å². The van der Waals surface area contributed by atoms with E-state index in [9.17, 15) is 34.5 Å². The van der Waals surface area contributed by atoms with Crippen molar-refractivity contribution >= 4 is 23.9 Å². The van der Waals surface area contributed by atoms with E-state index in [2.05, 4.69) is 93.7 Å². The summed E-state index contributed by atoms with van der Waals surface area (Å²) in [6.07, 6.45) is 52.7. The van der Waals surface area contributed by atoms with Crippen LogP contribution in [-0.2, 0) is 42.9 Å². The first kappa shape index (κ1) is 68.9. The molecule has 1 fully saturated rings. The van der Waals surface area contributed by atoms with Crippen LogP contribution in [0.5, 0.6) is 0 Å². The number of aliphatic carboxylic acids is 1. The Morgan fingerprint density at radius 3 is 1.35 bits per heavy atom. The highest BCUT2D eigenvalue weighted by molar-refractivity contribution is 5.74. The van der Waals surface area contributed by atoms with Crippen molar-refractivity contribution in [3.8, 4) is 0 Å². The van der Waals surface area contributed by atoms with Gasteiger partial charge in [-0.25, -0.2) is 4.79 Å². The van der Waals surface area contributed by atoms with Gasteiger partial charge >= 0.3 is 23.9 Å². The molecule has 0 spiro atoms. The van der Waals surface area contributed by atoms with Crippen molar-refractivity contribution in [1.82, 2.24) is 0 Å². The number of carboxylic acids is 1. The zero-order chi connectivity index (χ0) is 54.7. The minimum absolute atomic E-state index is 0.0203. The van der Waals surface area contributed by atoms with Crippen molar-refractivity contribution < 1.29 is 58.2 Å². The lowest BCUT2D eigenvalue weighted by Crippen LogP contribution is -2.61. The number of carbonyl (C=O) groups excluding carboxylic acids is 3. The molecule has 428 valence electrons. The van der Waals surface area contributed by atoms with Crippen molar-refractivity contribution in [3.63, 3.8) is 0 Å². The fourth-order valence-corrected chi connectivity index (χ4v) is 8.43. The maximum Gasteiger partial charge on any atom is 0.335 e. The highest BCUT2D eigenvalue weighted by Crippen LogP contribution is 2.26. The van der Waals surface area contributed by atoms with Gasteiger partial charge in [0, 0.05) is 19.3 Å². The largest absolute Gasteiger partial charge is 0.479 e. The Hall–Kier alpha value is -4.10. The average Bonchev–Trinajstić information content (AvgIpc) is 3.39. The third kappa shape index (κ3) is 40.8. The first-order chi connectivity index (χ1) is 36.6. The monoisotopic (exact) mass is 1050 g/mol. The maximum absolute atomic E-state index is 13.1. The number of aliphatic hydroxyl groups is 2. The summed E-state index contributed by atoms with van der Waals surface area (Å²) in [6.45, 7) is 5.81. The molecule has 1 saturated heterocycles. The minimum Gasteiger partial charge on any atom is -0.479 e. The summed E-state index contributed by atoms with van der Waals surface area (Å²) in [4.78, 5) is 51.1. The molecule has 1 heterocycles. The number of allylic oxidation sites excluding steroid dienone is 14. The first-order valence-corrected chi connectivity index (χ1v) is 29.6. The number of rotatable bonds is 49. The van der Waals surface area contributed by atoms with Gasteiger partial charge in [-0.3, -0.25) is 14.4 Å². The molecular formula is C63H104O12. The highest BCUT2D eigenvalue weighted by Gasteiger charge is 2.50. The molecule has 0 radical (unpaired) electrons. The van der Waals surface area contributed by atoms with E-state index in [1.807, 2.05) is 12.2 Å². The smallest absolute Gasteiger partial charge is 0.335 e. The second kappa shape index (κ2) is 50.7. The van der Waals surface area contributed by atoms with Crippen LogP contribution in [0.15, 0.2) is 85.1 Å². The van der Waals surface area contributed by atoms with Crippen LogP contribution in [0.4, 0.5) is 0 Å².